The molecule has 0 aliphatic carbocycles. The van der Waals surface area contributed by atoms with Crippen molar-refractivity contribution in [3.63, 3.8) is 0 Å². The van der Waals surface area contributed by atoms with E-state index in [2.05, 4.69) is 0 Å². The Hall–Kier alpha value is -1.78. The minimum atomic E-state index is -0.929. The Labute approximate surface area is 86.1 Å². The van der Waals surface area contributed by atoms with Crippen molar-refractivity contribution >= 4 is 11.8 Å². The van der Waals surface area contributed by atoms with Crippen molar-refractivity contribution in [2.24, 2.45) is 0 Å². The van der Waals surface area contributed by atoms with Gasteiger partial charge in [0, 0.05) is 19.0 Å². The Morgan fingerprint density at radius 1 is 1.53 bits per heavy atom. The molecule has 1 aromatic carbocycles. The van der Waals surface area contributed by atoms with E-state index in [1.165, 1.54) is 17.0 Å². The van der Waals surface area contributed by atoms with E-state index < -0.39 is 11.9 Å². The molecule has 0 aromatic heterocycles. The summed E-state index contributed by atoms with van der Waals surface area (Å²) in [5, 5.41) is 8.63. The summed E-state index contributed by atoms with van der Waals surface area (Å²) in [6.45, 7) is 0.859. The zero-order chi connectivity index (χ0) is 11.0. The maximum Gasteiger partial charge on any atom is 0.407 e. The number of nitrogens with zero attached hydrogens (tertiary/aromatic N) is 1. The molecule has 5 heteroatoms. The topological polar surface area (TPSA) is 66.6 Å². The van der Waals surface area contributed by atoms with E-state index in [0.717, 1.165) is 5.56 Å². The average Bonchev–Trinajstić information content (AvgIpc) is 2.08. The molecule has 1 saturated heterocycles. The molecule has 1 aromatic rings. The first-order chi connectivity index (χ1) is 7.08. The lowest BCUT2D eigenvalue weighted by Gasteiger charge is -2.37. The van der Waals surface area contributed by atoms with E-state index in [4.69, 9.17) is 10.8 Å². The van der Waals surface area contributed by atoms with Crippen molar-refractivity contribution in [2.75, 3.05) is 18.8 Å². The number of likely N-dealkylation sites (tertiary alicyclic amines) is 1. The van der Waals surface area contributed by atoms with Gasteiger partial charge in [-0.1, -0.05) is 6.07 Å². The van der Waals surface area contributed by atoms with Crippen molar-refractivity contribution in [1.29, 1.82) is 0 Å². The Kier molecular flexibility index (Phi) is 2.22. The Bertz CT molecular complexity index is 402. The van der Waals surface area contributed by atoms with Crippen LogP contribution >= 0.6 is 0 Å². The highest BCUT2D eigenvalue weighted by molar-refractivity contribution is 5.66. The van der Waals surface area contributed by atoms with Crippen LogP contribution in [0.1, 0.15) is 11.5 Å². The van der Waals surface area contributed by atoms with Crippen LogP contribution in [0.2, 0.25) is 0 Å². The van der Waals surface area contributed by atoms with E-state index in [0.29, 0.717) is 13.1 Å². The summed E-state index contributed by atoms with van der Waals surface area (Å²) < 4.78 is 13.1. The van der Waals surface area contributed by atoms with Crippen molar-refractivity contribution in [3.05, 3.63) is 29.6 Å². The molecule has 1 heterocycles. The summed E-state index contributed by atoms with van der Waals surface area (Å²) in [7, 11) is 0. The van der Waals surface area contributed by atoms with Gasteiger partial charge >= 0.3 is 6.09 Å². The fourth-order valence-electron chi connectivity index (χ4n) is 1.64. The molecule has 2 rings (SSSR count). The third-order valence-electron chi connectivity index (χ3n) is 2.65. The van der Waals surface area contributed by atoms with Crippen LogP contribution < -0.4 is 5.73 Å². The van der Waals surface area contributed by atoms with E-state index >= 15 is 0 Å². The molecule has 3 N–H and O–H groups in total. The number of rotatable bonds is 1. The molecule has 0 unspecified atom stereocenters. The summed E-state index contributed by atoms with van der Waals surface area (Å²) in [4.78, 5) is 11.8. The minimum absolute atomic E-state index is 0.0937. The van der Waals surface area contributed by atoms with Crippen LogP contribution in [0.4, 0.5) is 14.9 Å². The van der Waals surface area contributed by atoms with Crippen molar-refractivity contribution in [1.82, 2.24) is 4.90 Å². The minimum Gasteiger partial charge on any atom is -0.465 e. The van der Waals surface area contributed by atoms with Crippen LogP contribution in [0.5, 0.6) is 0 Å². The number of carbonyl (C=O) groups is 1. The van der Waals surface area contributed by atoms with Crippen LogP contribution in [0.3, 0.4) is 0 Å². The first-order valence-corrected chi connectivity index (χ1v) is 4.60. The summed E-state index contributed by atoms with van der Waals surface area (Å²) >= 11 is 0. The Balaban J connectivity index is 2.07. The van der Waals surface area contributed by atoms with Crippen LogP contribution in [0, 0.1) is 5.82 Å². The molecule has 1 amide bonds. The molecule has 0 saturated carbocycles. The number of anilines is 1. The fourth-order valence-corrected chi connectivity index (χ4v) is 1.64. The van der Waals surface area contributed by atoms with Crippen LogP contribution in [0.25, 0.3) is 0 Å². The monoisotopic (exact) mass is 210 g/mol. The quantitative estimate of drug-likeness (QED) is 0.690. The molecule has 0 atom stereocenters. The zero-order valence-corrected chi connectivity index (χ0v) is 7.98. The Morgan fingerprint density at radius 3 is 2.73 bits per heavy atom. The molecule has 0 bridgehead atoms. The second-order valence-electron chi connectivity index (χ2n) is 3.67. The molecule has 0 radical (unpaired) electrons. The van der Waals surface area contributed by atoms with E-state index in [9.17, 15) is 9.18 Å². The molecular formula is C10H11FN2O2. The molecule has 15 heavy (non-hydrogen) atoms. The number of halogens is 1. The van der Waals surface area contributed by atoms with Gasteiger partial charge in [-0.15, -0.1) is 0 Å². The highest BCUT2D eigenvalue weighted by Crippen LogP contribution is 2.28. The van der Waals surface area contributed by atoms with Crippen LogP contribution in [-0.4, -0.2) is 29.2 Å². The molecule has 1 aliphatic rings. The maximum absolute atomic E-state index is 13.1. The molecule has 1 aliphatic heterocycles. The van der Waals surface area contributed by atoms with Crippen molar-refractivity contribution in [2.45, 2.75) is 5.92 Å². The van der Waals surface area contributed by atoms with Gasteiger partial charge in [-0.3, -0.25) is 0 Å². The molecule has 4 nitrogen and oxygen atoms in total. The van der Waals surface area contributed by atoms with Crippen LogP contribution in [-0.2, 0) is 0 Å². The molecule has 0 spiro atoms. The van der Waals surface area contributed by atoms with Gasteiger partial charge in [-0.2, -0.15) is 0 Å². The van der Waals surface area contributed by atoms with Gasteiger partial charge in [0.25, 0.3) is 0 Å². The number of amides is 1. The molecule has 1 fully saturated rings. The number of benzene rings is 1. The third kappa shape index (κ3) is 1.72. The number of hydrogen-bond donors (Lipinski definition) is 2. The highest BCUT2D eigenvalue weighted by Gasteiger charge is 2.31. The van der Waals surface area contributed by atoms with Crippen LogP contribution in [0.15, 0.2) is 18.2 Å². The first kappa shape index (κ1) is 9.76. The van der Waals surface area contributed by atoms with E-state index in [-0.39, 0.29) is 11.6 Å². The predicted octanol–water partition coefficient (Wildman–Crippen LogP) is 1.49. The summed E-state index contributed by atoms with van der Waals surface area (Å²) in [5.41, 5.74) is 6.27. The maximum atomic E-state index is 13.1. The van der Waals surface area contributed by atoms with Gasteiger partial charge < -0.3 is 15.7 Å². The second-order valence-corrected chi connectivity index (χ2v) is 3.67. The van der Waals surface area contributed by atoms with Gasteiger partial charge in [0.1, 0.15) is 5.82 Å². The third-order valence-corrected chi connectivity index (χ3v) is 2.65. The average molecular weight is 210 g/mol. The molecular weight excluding hydrogens is 199 g/mol. The second kappa shape index (κ2) is 3.42. The van der Waals surface area contributed by atoms with Gasteiger partial charge in [-0.05, 0) is 17.7 Å². The van der Waals surface area contributed by atoms with Crippen molar-refractivity contribution < 1.29 is 14.3 Å². The van der Waals surface area contributed by atoms with Gasteiger partial charge in [-0.25, -0.2) is 9.18 Å². The summed E-state index contributed by atoms with van der Waals surface area (Å²) in [5.74, 6) is -0.350. The SMILES string of the molecule is Nc1ccc(C2CN(C(=O)O)C2)cc1F. The lowest BCUT2D eigenvalue weighted by Crippen LogP contribution is -2.47. The van der Waals surface area contributed by atoms with Crippen molar-refractivity contribution in [3.8, 4) is 0 Å². The zero-order valence-electron chi connectivity index (χ0n) is 7.98. The van der Waals surface area contributed by atoms with E-state index in [1.54, 1.807) is 6.07 Å². The lowest BCUT2D eigenvalue weighted by molar-refractivity contribution is 0.105. The number of hydrogen-bond acceptors (Lipinski definition) is 2. The van der Waals surface area contributed by atoms with E-state index in [1.807, 2.05) is 0 Å². The normalized spacial score (nSPS) is 16.2. The standard InChI is InChI=1S/C10H11FN2O2/c11-8-3-6(1-2-9(8)12)7-4-13(5-7)10(14)15/h1-3,7H,4-5,12H2,(H,14,15). The number of nitrogens with two attached hydrogens (primary N) is 1. The number of nitrogen functional groups attached to an aromatic ring is 1. The summed E-state index contributed by atoms with van der Waals surface area (Å²) in [6.07, 6.45) is -0.929. The van der Waals surface area contributed by atoms with Gasteiger partial charge in [0.15, 0.2) is 0 Å². The lowest BCUT2D eigenvalue weighted by atomic mass is 9.92. The van der Waals surface area contributed by atoms with Gasteiger partial charge in [0.05, 0.1) is 5.69 Å². The Morgan fingerprint density at radius 2 is 2.20 bits per heavy atom. The fraction of sp³-hybridized carbons (Fsp3) is 0.300. The van der Waals surface area contributed by atoms with Gasteiger partial charge in [0.2, 0.25) is 0 Å². The number of carboxylic acid groups (broad SMARTS) is 1. The largest absolute Gasteiger partial charge is 0.465 e. The molecule has 80 valence electrons. The summed E-state index contributed by atoms with van der Waals surface area (Å²) in [6, 6.07) is 4.62. The smallest absolute Gasteiger partial charge is 0.407 e. The highest BCUT2D eigenvalue weighted by atomic mass is 19.1. The first-order valence-electron chi connectivity index (χ1n) is 4.60. The predicted molar refractivity (Wildman–Crippen MR) is 53.2 cm³/mol.